The highest BCUT2D eigenvalue weighted by atomic mass is 32.1. The van der Waals surface area contributed by atoms with E-state index < -0.39 is 12.0 Å². The maximum Gasteiger partial charge on any atom is 0.326 e. The molecule has 1 aliphatic rings. The summed E-state index contributed by atoms with van der Waals surface area (Å²) in [5, 5.41) is 11.8. The number of nitrogens with zero attached hydrogens (tertiary/aromatic N) is 2. The molecule has 2 rings (SSSR count). The van der Waals surface area contributed by atoms with E-state index in [1.807, 2.05) is 0 Å². The Morgan fingerprint density at radius 3 is 2.95 bits per heavy atom. The van der Waals surface area contributed by atoms with Crippen LogP contribution in [-0.2, 0) is 11.2 Å². The van der Waals surface area contributed by atoms with Crippen LogP contribution in [0.3, 0.4) is 0 Å². The van der Waals surface area contributed by atoms with Crippen LogP contribution in [0.4, 0.5) is 0 Å². The zero-order chi connectivity index (χ0) is 14.0. The van der Waals surface area contributed by atoms with Crippen LogP contribution in [-0.4, -0.2) is 39.5 Å². The third-order valence-corrected chi connectivity index (χ3v) is 4.02. The molecule has 2 heterocycles. The van der Waals surface area contributed by atoms with E-state index in [-0.39, 0.29) is 5.91 Å². The summed E-state index contributed by atoms with van der Waals surface area (Å²) in [6, 6.07) is -0.692. The van der Waals surface area contributed by atoms with Gasteiger partial charge >= 0.3 is 5.97 Å². The first kappa shape index (κ1) is 14.0. The van der Waals surface area contributed by atoms with Gasteiger partial charge in [-0.05, 0) is 18.8 Å². The van der Waals surface area contributed by atoms with Gasteiger partial charge in [0.05, 0.1) is 5.01 Å². The van der Waals surface area contributed by atoms with E-state index in [1.54, 1.807) is 5.38 Å². The van der Waals surface area contributed by atoms with Crippen molar-refractivity contribution in [2.75, 3.05) is 6.54 Å². The minimum absolute atomic E-state index is 0.254. The summed E-state index contributed by atoms with van der Waals surface area (Å²) in [6.07, 6.45) is 2.12. The number of rotatable bonds is 4. The quantitative estimate of drug-likeness (QED) is 0.917. The number of likely N-dealkylation sites (tertiary alicyclic amines) is 1. The van der Waals surface area contributed by atoms with E-state index in [0.29, 0.717) is 24.6 Å². The fourth-order valence-corrected chi connectivity index (χ4v) is 3.25. The summed E-state index contributed by atoms with van der Waals surface area (Å²) in [4.78, 5) is 29.1. The number of aliphatic carboxylic acids is 1. The van der Waals surface area contributed by atoms with Crippen LogP contribution in [0, 0.1) is 5.92 Å². The van der Waals surface area contributed by atoms with Gasteiger partial charge < -0.3 is 10.0 Å². The predicted molar refractivity (Wildman–Crippen MR) is 72.4 cm³/mol. The second-order valence-electron chi connectivity index (χ2n) is 5.22. The molecule has 1 fully saturated rings. The molecule has 0 saturated carbocycles. The van der Waals surface area contributed by atoms with Gasteiger partial charge in [-0.15, -0.1) is 11.3 Å². The largest absolute Gasteiger partial charge is 0.480 e. The van der Waals surface area contributed by atoms with Crippen molar-refractivity contribution < 1.29 is 14.7 Å². The molecule has 0 aromatic carbocycles. The van der Waals surface area contributed by atoms with E-state index in [4.69, 9.17) is 5.11 Å². The second-order valence-corrected chi connectivity index (χ2v) is 6.16. The average molecular weight is 282 g/mol. The molecule has 0 bridgehead atoms. The Morgan fingerprint density at radius 1 is 1.58 bits per heavy atom. The van der Waals surface area contributed by atoms with Crippen LogP contribution < -0.4 is 0 Å². The lowest BCUT2D eigenvalue weighted by Crippen LogP contribution is -2.40. The SMILES string of the molecule is CC(C)Cc1nc(C(=O)N2CCC[C@H]2C(=O)O)cs1. The minimum Gasteiger partial charge on any atom is -0.480 e. The Bertz CT molecular complexity index is 484. The number of thiazole rings is 1. The highest BCUT2D eigenvalue weighted by Gasteiger charge is 2.35. The van der Waals surface area contributed by atoms with E-state index in [2.05, 4.69) is 18.8 Å². The summed E-state index contributed by atoms with van der Waals surface area (Å²) in [6.45, 7) is 4.71. The lowest BCUT2D eigenvalue weighted by atomic mass is 10.1. The van der Waals surface area contributed by atoms with E-state index >= 15 is 0 Å². The molecule has 1 aliphatic heterocycles. The number of amides is 1. The molecule has 1 amide bonds. The molecule has 104 valence electrons. The van der Waals surface area contributed by atoms with Crippen molar-refractivity contribution in [1.82, 2.24) is 9.88 Å². The maximum absolute atomic E-state index is 12.3. The van der Waals surface area contributed by atoms with Gasteiger partial charge in [0.1, 0.15) is 11.7 Å². The average Bonchev–Trinajstić information content (AvgIpc) is 2.94. The zero-order valence-corrected chi connectivity index (χ0v) is 11.9. The molecule has 0 unspecified atom stereocenters. The van der Waals surface area contributed by atoms with Gasteiger partial charge in [-0.2, -0.15) is 0 Å². The van der Waals surface area contributed by atoms with Gasteiger partial charge in [0.2, 0.25) is 0 Å². The van der Waals surface area contributed by atoms with Crippen LogP contribution in [0.5, 0.6) is 0 Å². The predicted octanol–water partition coefficient (Wildman–Crippen LogP) is 2.03. The Morgan fingerprint density at radius 2 is 2.32 bits per heavy atom. The third kappa shape index (κ3) is 3.12. The molecule has 1 aromatic rings. The molecule has 19 heavy (non-hydrogen) atoms. The number of hydrogen-bond donors (Lipinski definition) is 1. The summed E-state index contributed by atoms with van der Waals surface area (Å²) >= 11 is 1.47. The molecular weight excluding hydrogens is 264 g/mol. The van der Waals surface area contributed by atoms with Gasteiger partial charge in [0.15, 0.2) is 0 Å². The molecule has 0 aliphatic carbocycles. The summed E-state index contributed by atoms with van der Waals surface area (Å²) < 4.78 is 0. The first-order valence-electron chi connectivity index (χ1n) is 6.47. The fraction of sp³-hybridized carbons (Fsp3) is 0.615. The van der Waals surface area contributed by atoms with Crippen LogP contribution in [0.2, 0.25) is 0 Å². The number of aromatic nitrogens is 1. The van der Waals surface area contributed by atoms with Crippen LogP contribution >= 0.6 is 11.3 Å². The molecule has 1 aromatic heterocycles. The monoisotopic (exact) mass is 282 g/mol. The van der Waals surface area contributed by atoms with Crippen molar-refractivity contribution in [3.8, 4) is 0 Å². The number of carboxylic acids is 1. The van der Waals surface area contributed by atoms with E-state index in [1.165, 1.54) is 16.2 Å². The molecule has 0 spiro atoms. The van der Waals surface area contributed by atoms with Gasteiger partial charge in [0, 0.05) is 18.3 Å². The van der Waals surface area contributed by atoms with Gasteiger partial charge in [-0.25, -0.2) is 9.78 Å². The van der Waals surface area contributed by atoms with Crippen LogP contribution in [0.25, 0.3) is 0 Å². The Labute approximate surface area is 116 Å². The Hall–Kier alpha value is -1.43. The molecule has 0 radical (unpaired) electrons. The minimum atomic E-state index is -0.927. The molecule has 5 nitrogen and oxygen atoms in total. The van der Waals surface area contributed by atoms with Crippen LogP contribution in [0.15, 0.2) is 5.38 Å². The first-order valence-corrected chi connectivity index (χ1v) is 7.35. The molecule has 6 heteroatoms. The van der Waals surface area contributed by atoms with Crippen molar-refractivity contribution in [3.63, 3.8) is 0 Å². The molecule has 1 atom stereocenters. The summed E-state index contributed by atoms with van der Waals surface area (Å²) in [5.41, 5.74) is 0.383. The lowest BCUT2D eigenvalue weighted by Gasteiger charge is -2.20. The lowest BCUT2D eigenvalue weighted by molar-refractivity contribution is -0.141. The molecular formula is C13H18N2O3S. The second kappa shape index (κ2) is 5.69. The topological polar surface area (TPSA) is 70.5 Å². The van der Waals surface area contributed by atoms with Crippen molar-refractivity contribution in [3.05, 3.63) is 16.1 Å². The van der Waals surface area contributed by atoms with Crippen molar-refractivity contribution in [2.24, 2.45) is 5.92 Å². The highest BCUT2D eigenvalue weighted by Crippen LogP contribution is 2.22. The van der Waals surface area contributed by atoms with Gasteiger partial charge in [-0.3, -0.25) is 4.79 Å². The molecule has 1 N–H and O–H groups in total. The van der Waals surface area contributed by atoms with Gasteiger partial charge in [0.25, 0.3) is 5.91 Å². The van der Waals surface area contributed by atoms with E-state index in [0.717, 1.165) is 17.8 Å². The van der Waals surface area contributed by atoms with Crippen molar-refractivity contribution >= 4 is 23.2 Å². The number of hydrogen-bond acceptors (Lipinski definition) is 4. The number of carboxylic acid groups (broad SMARTS) is 1. The van der Waals surface area contributed by atoms with Gasteiger partial charge in [-0.1, -0.05) is 13.8 Å². The third-order valence-electron chi connectivity index (χ3n) is 3.15. The van der Waals surface area contributed by atoms with Crippen molar-refractivity contribution in [1.29, 1.82) is 0 Å². The summed E-state index contributed by atoms with van der Waals surface area (Å²) in [7, 11) is 0. The standard InChI is InChI=1S/C13H18N2O3S/c1-8(2)6-11-14-9(7-19-11)12(16)15-5-3-4-10(15)13(17)18/h7-8,10H,3-6H2,1-2H3,(H,17,18)/t10-/m0/s1. The maximum atomic E-state index is 12.3. The number of carbonyl (C=O) groups excluding carboxylic acids is 1. The molecule has 1 saturated heterocycles. The normalized spacial score (nSPS) is 19.1. The van der Waals surface area contributed by atoms with Crippen molar-refractivity contribution in [2.45, 2.75) is 39.2 Å². The zero-order valence-electron chi connectivity index (χ0n) is 11.1. The fourth-order valence-electron chi connectivity index (χ4n) is 2.27. The van der Waals surface area contributed by atoms with Crippen LogP contribution in [0.1, 0.15) is 42.2 Å². The summed E-state index contributed by atoms with van der Waals surface area (Å²) in [5.74, 6) is -0.688. The highest BCUT2D eigenvalue weighted by molar-refractivity contribution is 7.09. The number of carbonyl (C=O) groups is 2. The first-order chi connectivity index (χ1) is 8.99. The smallest absolute Gasteiger partial charge is 0.326 e. The Kier molecular flexibility index (Phi) is 4.19. The van der Waals surface area contributed by atoms with E-state index in [9.17, 15) is 9.59 Å². The Balaban J connectivity index is 2.11.